The van der Waals surface area contributed by atoms with Gasteiger partial charge in [0.25, 0.3) is 5.91 Å². The lowest BCUT2D eigenvalue weighted by molar-refractivity contribution is 0.0896. The van der Waals surface area contributed by atoms with Gasteiger partial charge in [-0.15, -0.1) is 0 Å². The van der Waals surface area contributed by atoms with E-state index in [4.69, 9.17) is 0 Å². The van der Waals surface area contributed by atoms with Crippen molar-refractivity contribution in [3.05, 3.63) is 23.4 Å². The minimum Gasteiger partial charge on any atom is -0.370 e. The predicted octanol–water partition coefficient (Wildman–Crippen LogP) is 3.56. The third kappa shape index (κ3) is 4.19. The van der Waals surface area contributed by atoms with Gasteiger partial charge in [-0.2, -0.15) is 0 Å². The second-order valence-corrected chi connectivity index (χ2v) is 6.49. The van der Waals surface area contributed by atoms with E-state index in [-0.39, 0.29) is 5.91 Å². The molecule has 1 amide bonds. The Bertz CT molecular complexity index is 493. The van der Waals surface area contributed by atoms with E-state index in [2.05, 4.69) is 43.3 Å². The van der Waals surface area contributed by atoms with E-state index in [9.17, 15) is 4.79 Å². The Morgan fingerprint density at radius 1 is 1.38 bits per heavy atom. The Hall–Kier alpha value is -1.58. The van der Waals surface area contributed by atoms with Crippen LogP contribution in [0, 0.1) is 5.92 Å². The van der Waals surface area contributed by atoms with Crippen LogP contribution in [0.1, 0.15) is 68.9 Å². The maximum atomic E-state index is 12.4. The van der Waals surface area contributed by atoms with Crippen molar-refractivity contribution in [1.82, 2.24) is 10.3 Å². The summed E-state index contributed by atoms with van der Waals surface area (Å²) in [4.78, 5) is 17.0. The highest BCUT2D eigenvalue weighted by atomic mass is 16.1. The summed E-state index contributed by atoms with van der Waals surface area (Å²) < 4.78 is 0. The molecular weight excluding hydrogens is 262 g/mol. The van der Waals surface area contributed by atoms with Gasteiger partial charge in [-0.3, -0.25) is 4.79 Å². The van der Waals surface area contributed by atoms with E-state index in [0.717, 1.165) is 43.2 Å². The van der Waals surface area contributed by atoms with Crippen LogP contribution in [0.2, 0.25) is 0 Å². The fraction of sp³-hybridized carbons (Fsp3) is 0.647. The van der Waals surface area contributed by atoms with Crippen molar-refractivity contribution in [3.63, 3.8) is 0 Å². The maximum Gasteiger partial charge on any atom is 0.251 e. The van der Waals surface area contributed by atoms with Gasteiger partial charge < -0.3 is 10.6 Å². The molecule has 4 heteroatoms. The number of pyridine rings is 1. The first kappa shape index (κ1) is 15.8. The van der Waals surface area contributed by atoms with Crippen molar-refractivity contribution in [2.75, 3.05) is 11.9 Å². The summed E-state index contributed by atoms with van der Waals surface area (Å²) >= 11 is 0. The average Bonchev–Trinajstić information content (AvgIpc) is 2.43. The fourth-order valence-electron chi connectivity index (χ4n) is 2.61. The first-order chi connectivity index (χ1) is 9.99. The molecule has 0 atom stereocenters. The molecule has 2 rings (SSSR count). The lowest BCUT2D eigenvalue weighted by Crippen LogP contribution is -2.43. The van der Waals surface area contributed by atoms with Gasteiger partial charge in [0, 0.05) is 23.8 Å². The Kier molecular flexibility index (Phi) is 5.21. The lowest BCUT2D eigenvalue weighted by Gasteiger charge is -2.33. The minimum atomic E-state index is 0.0238. The molecule has 116 valence electrons. The summed E-state index contributed by atoms with van der Waals surface area (Å²) in [6.45, 7) is 9.40. The number of nitrogens with zero attached hydrogens (tertiary/aromatic N) is 1. The van der Waals surface area contributed by atoms with Crippen molar-refractivity contribution >= 4 is 11.7 Å². The van der Waals surface area contributed by atoms with Crippen molar-refractivity contribution in [3.8, 4) is 0 Å². The Labute approximate surface area is 127 Å². The molecule has 1 saturated carbocycles. The normalized spacial score (nSPS) is 21.0. The standard InChI is InChI=1S/C17H27N3O/c1-5-6-18-16-10-13(9-15(20-16)11(2)3)17(21)19-14-7-12(4)8-14/h9-12,14H,5-8H2,1-4H3,(H,18,20)(H,19,21). The second-order valence-electron chi connectivity index (χ2n) is 6.49. The van der Waals surface area contributed by atoms with E-state index < -0.39 is 0 Å². The number of carbonyl (C=O) groups is 1. The molecule has 0 bridgehead atoms. The molecule has 0 aliphatic heterocycles. The topological polar surface area (TPSA) is 54.0 Å². The van der Waals surface area contributed by atoms with Gasteiger partial charge in [0.15, 0.2) is 0 Å². The second kappa shape index (κ2) is 6.92. The highest BCUT2D eigenvalue weighted by molar-refractivity contribution is 5.95. The number of rotatable bonds is 6. The summed E-state index contributed by atoms with van der Waals surface area (Å²) in [5.41, 5.74) is 1.68. The van der Waals surface area contributed by atoms with Crippen LogP contribution in [0.4, 0.5) is 5.82 Å². The molecule has 2 N–H and O–H groups in total. The van der Waals surface area contributed by atoms with Gasteiger partial charge in [0.05, 0.1) is 0 Å². The highest BCUT2D eigenvalue weighted by Crippen LogP contribution is 2.27. The molecule has 0 unspecified atom stereocenters. The molecule has 21 heavy (non-hydrogen) atoms. The molecule has 1 aliphatic rings. The van der Waals surface area contributed by atoms with Crippen LogP contribution in [-0.4, -0.2) is 23.5 Å². The quantitative estimate of drug-likeness (QED) is 0.842. The number of hydrogen-bond donors (Lipinski definition) is 2. The van der Waals surface area contributed by atoms with Crippen molar-refractivity contribution in [1.29, 1.82) is 0 Å². The average molecular weight is 289 g/mol. The van der Waals surface area contributed by atoms with Gasteiger partial charge in [-0.25, -0.2) is 4.98 Å². The van der Waals surface area contributed by atoms with E-state index in [1.807, 2.05) is 12.1 Å². The van der Waals surface area contributed by atoms with E-state index in [1.54, 1.807) is 0 Å². The van der Waals surface area contributed by atoms with E-state index in [0.29, 0.717) is 17.5 Å². The van der Waals surface area contributed by atoms with Crippen LogP contribution in [0.15, 0.2) is 12.1 Å². The number of hydrogen-bond acceptors (Lipinski definition) is 3. The van der Waals surface area contributed by atoms with Gasteiger partial charge in [-0.1, -0.05) is 27.7 Å². The van der Waals surface area contributed by atoms with Crippen molar-refractivity contribution in [2.45, 2.75) is 58.9 Å². The molecule has 1 heterocycles. The van der Waals surface area contributed by atoms with Gasteiger partial charge in [-0.05, 0) is 43.2 Å². The highest BCUT2D eigenvalue weighted by Gasteiger charge is 2.27. The Morgan fingerprint density at radius 2 is 2.10 bits per heavy atom. The molecule has 4 nitrogen and oxygen atoms in total. The maximum absolute atomic E-state index is 12.4. The number of nitrogens with one attached hydrogen (secondary N) is 2. The fourth-order valence-corrected chi connectivity index (χ4v) is 2.61. The Balaban J connectivity index is 2.12. The zero-order valence-electron chi connectivity index (χ0n) is 13.6. The van der Waals surface area contributed by atoms with Crippen LogP contribution in [-0.2, 0) is 0 Å². The molecular formula is C17H27N3O. The Morgan fingerprint density at radius 3 is 2.67 bits per heavy atom. The summed E-state index contributed by atoms with van der Waals surface area (Å²) in [6, 6.07) is 4.12. The van der Waals surface area contributed by atoms with Crippen molar-refractivity contribution < 1.29 is 4.79 Å². The summed E-state index contributed by atoms with van der Waals surface area (Å²) in [7, 11) is 0. The molecule has 1 aromatic rings. The summed E-state index contributed by atoms with van der Waals surface area (Å²) in [6.07, 6.45) is 3.22. The predicted molar refractivity (Wildman–Crippen MR) is 86.8 cm³/mol. The summed E-state index contributed by atoms with van der Waals surface area (Å²) in [5.74, 6) is 1.87. The largest absolute Gasteiger partial charge is 0.370 e. The van der Waals surface area contributed by atoms with Crippen LogP contribution < -0.4 is 10.6 Å². The lowest BCUT2D eigenvalue weighted by atomic mass is 9.82. The van der Waals surface area contributed by atoms with Crippen LogP contribution in [0.25, 0.3) is 0 Å². The molecule has 1 fully saturated rings. The molecule has 0 saturated heterocycles. The van der Waals surface area contributed by atoms with E-state index in [1.165, 1.54) is 0 Å². The number of anilines is 1. The first-order valence-electron chi connectivity index (χ1n) is 8.06. The van der Waals surface area contributed by atoms with Gasteiger partial charge in [0.1, 0.15) is 5.82 Å². The SMILES string of the molecule is CCCNc1cc(C(=O)NC2CC(C)C2)cc(C(C)C)n1. The van der Waals surface area contributed by atoms with Crippen LogP contribution in [0.3, 0.4) is 0 Å². The van der Waals surface area contributed by atoms with Crippen LogP contribution in [0.5, 0.6) is 0 Å². The molecule has 0 aromatic carbocycles. The van der Waals surface area contributed by atoms with Crippen molar-refractivity contribution in [2.24, 2.45) is 5.92 Å². The van der Waals surface area contributed by atoms with E-state index >= 15 is 0 Å². The molecule has 1 aromatic heterocycles. The number of aromatic nitrogens is 1. The zero-order chi connectivity index (χ0) is 15.4. The van der Waals surface area contributed by atoms with Crippen LogP contribution >= 0.6 is 0 Å². The third-order valence-electron chi connectivity index (χ3n) is 3.96. The molecule has 1 aliphatic carbocycles. The number of amides is 1. The minimum absolute atomic E-state index is 0.0238. The smallest absolute Gasteiger partial charge is 0.251 e. The summed E-state index contributed by atoms with van der Waals surface area (Å²) in [5, 5.41) is 6.40. The molecule has 0 radical (unpaired) electrons. The third-order valence-corrected chi connectivity index (χ3v) is 3.96. The zero-order valence-corrected chi connectivity index (χ0v) is 13.6. The monoisotopic (exact) mass is 289 g/mol. The van der Waals surface area contributed by atoms with Gasteiger partial charge >= 0.3 is 0 Å². The van der Waals surface area contributed by atoms with Gasteiger partial charge in [0.2, 0.25) is 0 Å². The first-order valence-corrected chi connectivity index (χ1v) is 8.06. The number of carbonyl (C=O) groups excluding carboxylic acids is 1. The molecule has 0 spiro atoms.